The Labute approximate surface area is 212 Å². The molecule has 4 rings (SSSR count). The standard InChI is InChI=1S/C28H35N5O3/c1-2-3-4-5-6-7-8-9-11-21-14-16-22(17-15-21)18-19-24(34)23-12-10-13-25-26(23)36-28(29,20-35-25)27-30-32-33-31-27/h10,12-19H,2-9,11,20,29H2,1H3,(H,30,31,32,33). The van der Waals surface area contributed by atoms with Crippen LogP contribution in [0.2, 0.25) is 0 Å². The normalized spacial score (nSPS) is 16.9. The number of nitrogens with one attached hydrogen (secondary N) is 1. The summed E-state index contributed by atoms with van der Waals surface area (Å²) in [6.45, 7) is 2.25. The number of carbonyl (C=O) groups excluding carboxylic acids is 1. The van der Waals surface area contributed by atoms with Crippen LogP contribution in [0, 0.1) is 0 Å². The first-order valence-corrected chi connectivity index (χ1v) is 12.9. The van der Waals surface area contributed by atoms with Crippen LogP contribution in [-0.2, 0) is 12.1 Å². The largest absolute Gasteiger partial charge is 0.483 e. The van der Waals surface area contributed by atoms with Gasteiger partial charge in [0.2, 0.25) is 5.82 Å². The maximum absolute atomic E-state index is 13.0. The number of nitrogens with zero attached hydrogens (tertiary/aromatic N) is 3. The molecule has 190 valence electrons. The van der Waals surface area contributed by atoms with E-state index >= 15 is 0 Å². The van der Waals surface area contributed by atoms with Crippen molar-refractivity contribution >= 4 is 11.9 Å². The summed E-state index contributed by atoms with van der Waals surface area (Å²) >= 11 is 0. The number of benzene rings is 2. The third kappa shape index (κ3) is 6.57. The third-order valence-corrected chi connectivity index (χ3v) is 6.42. The number of nitrogens with two attached hydrogens (primary N) is 1. The highest BCUT2D eigenvalue weighted by molar-refractivity contribution is 6.09. The molecule has 1 aromatic heterocycles. The van der Waals surface area contributed by atoms with Crippen molar-refractivity contribution in [1.29, 1.82) is 0 Å². The predicted molar refractivity (Wildman–Crippen MR) is 139 cm³/mol. The van der Waals surface area contributed by atoms with E-state index in [-0.39, 0.29) is 24.0 Å². The van der Waals surface area contributed by atoms with Gasteiger partial charge in [-0.05, 0) is 47.4 Å². The zero-order chi connectivity index (χ0) is 25.2. The molecule has 1 aliphatic rings. The number of carbonyl (C=O) groups is 1. The molecule has 2 heterocycles. The highest BCUT2D eigenvalue weighted by atomic mass is 16.6. The van der Waals surface area contributed by atoms with Crippen LogP contribution in [0.4, 0.5) is 0 Å². The molecule has 8 nitrogen and oxygen atoms in total. The first-order valence-electron chi connectivity index (χ1n) is 12.9. The fourth-order valence-electron chi connectivity index (χ4n) is 4.30. The summed E-state index contributed by atoms with van der Waals surface area (Å²) in [6, 6.07) is 13.5. The highest BCUT2D eigenvalue weighted by Crippen LogP contribution is 2.39. The van der Waals surface area contributed by atoms with Crippen LogP contribution in [0.1, 0.15) is 85.6 Å². The van der Waals surface area contributed by atoms with Gasteiger partial charge in [-0.1, -0.05) is 88.3 Å². The van der Waals surface area contributed by atoms with E-state index < -0.39 is 5.72 Å². The number of ketones is 1. The molecule has 1 unspecified atom stereocenters. The lowest BCUT2D eigenvalue weighted by molar-refractivity contribution is -0.0154. The van der Waals surface area contributed by atoms with E-state index in [1.165, 1.54) is 63.0 Å². The Morgan fingerprint density at radius 2 is 1.81 bits per heavy atom. The lowest BCUT2D eigenvalue weighted by atomic mass is 10.0. The number of H-pyrrole nitrogens is 1. The summed E-state index contributed by atoms with van der Waals surface area (Å²) in [5.74, 6) is 0.657. The molecule has 8 heteroatoms. The van der Waals surface area contributed by atoms with Gasteiger partial charge in [-0.3, -0.25) is 10.5 Å². The third-order valence-electron chi connectivity index (χ3n) is 6.42. The van der Waals surface area contributed by atoms with Gasteiger partial charge in [0.1, 0.15) is 6.61 Å². The molecule has 1 atom stereocenters. The minimum Gasteiger partial charge on any atom is -0.483 e. The number of tetrazole rings is 1. The van der Waals surface area contributed by atoms with Gasteiger partial charge in [0.25, 0.3) is 5.72 Å². The molecule has 0 spiro atoms. The van der Waals surface area contributed by atoms with E-state index in [1.807, 2.05) is 12.1 Å². The molecule has 0 radical (unpaired) electrons. The second-order valence-electron chi connectivity index (χ2n) is 9.31. The summed E-state index contributed by atoms with van der Waals surface area (Å²) in [5.41, 5.74) is 7.51. The van der Waals surface area contributed by atoms with Crippen molar-refractivity contribution < 1.29 is 14.3 Å². The number of aromatic nitrogens is 4. The molecular weight excluding hydrogens is 454 g/mol. The van der Waals surface area contributed by atoms with Crippen LogP contribution in [0.25, 0.3) is 6.08 Å². The van der Waals surface area contributed by atoms with Crippen molar-refractivity contribution in [2.24, 2.45) is 5.73 Å². The molecule has 0 fully saturated rings. The Hall–Kier alpha value is -3.52. The van der Waals surface area contributed by atoms with E-state index in [0.717, 1.165) is 12.0 Å². The molecule has 0 saturated carbocycles. The first-order chi connectivity index (χ1) is 17.6. The Morgan fingerprint density at radius 3 is 2.53 bits per heavy atom. The van der Waals surface area contributed by atoms with Crippen LogP contribution in [0.5, 0.6) is 11.5 Å². The van der Waals surface area contributed by atoms with Gasteiger partial charge < -0.3 is 9.47 Å². The number of hydrogen-bond donors (Lipinski definition) is 2. The van der Waals surface area contributed by atoms with Gasteiger partial charge >= 0.3 is 0 Å². The molecule has 0 amide bonds. The van der Waals surface area contributed by atoms with E-state index in [2.05, 4.69) is 39.7 Å². The number of hydrogen-bond acceptors (Lipinski definition) is 7. The van der Waals surface area contributed by atoms with E-state index in [0.29, 0.717) is 11.3 Å². The summed E-state index contributed by atoms with van der Waals surface area (Å²) < 4.78 is 11.7. The lowest BCUT2D eigenvalue weighted by Crippen LogP contribution is -2.51. The van der Waals surface area contributed by atoms with Crippen molar-refractivity contribution in [3.05, 3.63) is 71.1 Å². The Bertz CT molecular complexity index is 1140. The quantitative estimate of drug-likeness (QED) is 0.189. The molecular formula is C28H35N5O3. The van der Waals surface area contributed by atoms with Gasteiger partial charge in [-0.2, -0.15) is 5.21 Å². The molecule has 2 aromatic carbocycles. The summed E-state index contributed by atoms with van der Waals surface area (Å²) in [5, 5.41) is 13.7. The molecule has 0 saturated heterocycles. The molecule has 3 N–H and O–H groups in total. The monoisotopic (exact) mass is 489 g/mol. The number of unbranched alkanes of at least 4 members (excludes halogenated alkanes) is 7. The van der Waals surface area contributed by atoms with Crippen LogP contribution in [0.3, 0.4) is 0 Å². The van der Waals surface area contributed by atoms with Gasteiger partial charge in [0.15, 0.2) is 17.3 Å². The predicted octanol–water partition coefficient (Wildman–Crippen LogP) is 5.36. The van der Waals surface area contributed by atoms with Crippen LogP contribution >= 0.6 is 0 Å². The lowest BCUT2D eigenvalue weighted by Gasteiger charge is -2.33. The second-order valence-corrected chi connectivity index (χ2v) is 9.31. The van der Waals surface area contributed by atoms with Crippen LogP contribution < -0.4 is 15.2 Å². The van der Waals surface area contributed by atoms with Crippen molar-refractivity contribution in [2.45, 2.75) is 70.4 Å². The Balaban J connectivity index is 1.31. The summed E-state index contributed by atoms with van der Waals surface area (Å²) in [6.07, 6.45) is 15.0. The SMILES string of the molecule is CCCCCCCCCCc1ccc(C=CC(=O)c2cccc3c2OC(N)(c2nn[nH]n2)CO3)cc1. The zero-order valence-electron chi connectivity index (χ0n) is 20.9. The van der Waals surface area contributed by atoms with E-state index in [4.69, 9.17) is 15.2 Å². The van der Waals surface area contributed by atoms with Crippen LogP contribution in [0.15, 0.2) is 48.5 Å². The Kier molecular flexibility index (Phi) is 8.84. The average molecular weight is 490 g/mol. The minimum atomic E-state index is -1.44. The van der Waals surface area contributed by atoms with Gasteiger partial charge in [-0.15, -0.1) is 10.2 Å². The zero-order valence-corrected chi connectivity index (χ0v) is 20.9. The number of allylic oxidation sites excluding steroid dienone is 1. The number of fused-ring (bicyclic) bond motifs is 1. The van der Waals surface area contributed by atoms with Gasteiger partial charge in [0, 0.05) is 0 Å². The van der Waals surface area contributed by atoms with E-state index in [1.54, 1.807) is 24.3 Å². The van der Waals surface area contributed by atoms with Crippen molar-refractivity contribution in [2.75, 3.05) is 6.61 Å². The molecule has 0 aliphatic carbocycles. The summed E-state index contributed by atoms with van der Waals surface area (Å²) in [7, 11) is 0. The fraction of sp³-hybridized carbons (Fsp3) is 0.429. The fourth-order valence-corrected chi connectivity index (χ4v) is 4.30. The number of ether oxygens (including phenoxy) is 2. The van der Waals surface area contributed by atoms with Crippen molar-refractivity contribution in [3.8, 4) is 11.5 Å². The molecule has 36 heavy (non-hydrogen) atoms. The first kappa shape index (κ1) is 25.6. The maximum atomic E-state index is 13.0. The topological polar surface area (TPSA) is 116 Å². The second kappa shape index (κ2) is 12.4. The maximum Gasteiger partial charge on any atom is 0.257 e. The van der Waals surface area contributed by atoms with Gasteiger partial charge in [0.05, 0.1) is 5.56 Å². The van der Waals surface area contributed by atoms with Crippen molar-refractivity contribution in [1.82, 2.24) is 20.6 Å². The molecule has 0 bridgehead atoms. The number of aryl methyl sites for hydroxylation is 1. The number of para-hydroxylation sites is 1. The van der Waals surface area contributed by atoms with Crippen LogP contribution in [-0.4, -0.2) is 33.0 Å². The minimum absolute atomic E-state index is 0.00166. The molecule has 3 aromatic rings. The van der Waals surface area contributed by atoms with E-state index in [9.17, 15) is 4.79 Å². The number of rotatable bonds is 13. The van der Waals surface area contributed by atoms with Gasteiger partial charge in [-0.25, -0.2) is 0 Å². The highest BCUT2D eigenvalue weighted by Gasteiger charge is 2.41. The molecule has 1 aliphatic heterocycles. The number of aromatic amines is 1. The average Bonchev–Trinajstić information content (AvgIpc) is 3.45. The smallest absolute Gasteiger partial charge is 0.257 e. The van der Waals surface area contributed by atoms with Crippen molar-refractivity contribution in [3.63, 3.8) is 0 Å². The Morgan fingerprint density at radius 1 is 1.06 bits per heavy atom. The summed E-state index contributed by atoms with van der Waals surface area (Å²) in [4.78, 5) is 13.0.